The van der Waals surface area contributed by atoms with E-state index in [2.05, 4.69) is 58.3 Å². The number of aryl methyl sites for hydroxylation is 2. The van der Waals surface area contributed by atoms with Crippen molar-refractivity contribution in [1.29, 1.82) is 0 Å². The molecule has 1 unspecified atom stereocenters. The third-order valence-corrected chi connectivity index (χ3v) is 11.7. The van der Waals surface area contributed by atoms with Crippen molar-refractivity contribution in [3.63, 3.8) is 0 Å². The molecule has 0 bridgehead atoms. The molecule has 3 aliphatic heterocycles. The van der Waals surface area contributed by atoms with Gasteiger partial charge in [-0.15, -0.1) is 0 Å². The predicted molar refractivity (Wildman–Crippen MR) is 201 cm³/mol. The number of anilines is 1. The minimum absolute atomic E-state index is 0.00753. The van der Waals surface area contributed by atoms with E-state index in [1.807, 2.05) is 6.07 Å². The van der Waals surface area contributed by atoms with Gasteiger partial charge in [0.1, 0.15) is 6.04 Å². The van der Waals surface area contributed by atoms with E-state index in [1.165, 1.54) is 0 Å². The average molecular weight is 725 g/mol. The fourth-order valence-electron chi connectivity index (χ4n) is 8.75. The van der Waals surface area contributed by atoms with Crippen molar-refractivity contribution in [2.24, 2.45) is 0 Å². The largest absolute Gasteiger partial charge is 0.371 e. The van der Waals surface area contributed by atoms with Crippen LogP contribution in [-0.2, 0) is 32.6 Å². The van der Waals surface area contributed by atoms with Gasteiger partial charge in [-0.05, 0) is 73.1 Å². The van der Waals surface area contributed by atoms with Crippen LogP contribution in [-0.4, -0.2) is 70.4 Å². The first-order valence-electron chi connectivity index (χ1n) is 18.5. The van der Waals surface area contributed by atoms with Crippen molar-refractivity contribution in [2.45, 2.75) is 83.2 Å². The Morgan fingerprint density at radius 2 is 1.72 bits per heavy atom. The number of nitrogens with one attached hydrogen (secondary N) is 3. The van der Waals surface area contributed by atoms with Crippen LogP contribution in [0.4, 0.5) is 11.4 Å². The molecule has 4 aromatic rings. The topological polar surface area (TPSA) is 153 Å². The van der Waals surface area contributed by atoms with Crippen molar-refractivity contribution in [1.82, 2.24) is 20.5 Å². The van der Waals surface area contributed by atoms with E-state index in [9.17, 15) is 28.8 Å². The third kappa shape index (κ3) is 5.57. The SMILES string of the molecule is [C-]#[N+]c1ccc2c3c([nH]c2c1)C(C)(C)c1cc(N2CCC(NC(=O)CCc4cccc5c4C(=O)N(C4CCC(=O)NC4=O)C5=O)CC2)c(CC)cc1C3=O. The molecule has 8 rings (SSSR count). The fourth-order valence-corrected chi connectivity index (χ4v) is 8.75. The normalized spacial score (nSPS) is 19.4. The summed E-state index contributed by atoms with van der Waals surface area (Å²) in [5.74, 6) is -2.39. The Morgan fingerprint density at radius 3 is 2.44 bits per heavy atom. The van der Waals surface area contributed by atoms with Gasteiger partial charge in [-0.1, -0.05) is 45.0 Å². The number of amides is 5. The van der Waals surface area contributed by atoms with Crippen LogP contribution in [0, 0.1) is 6.57 Å². The maximum Gasteiger partial charge on any atom is 0.262 e. The molecule has 3 N–H and O–H groups in total. The highest BCUT2D eigenvalue weighted by Crippen LogP contribution is 2.46. The molecule has 1 aliphatic carbocycles. The van der Waals surface area contributed by atoms with Gasteiger partial charge < -0.3 is 15.2 Å². The second-order valence-corrected chi connectivity index (χ2v) is 15.2. The van der Waals surface area contributed by atoms with E-state index in [-0.39, 0.29) is 54.5 Å². The molecule has 2 saturated heterocycles. The Hall–Kier alpha value is -6.09. The number of ketones is 1. The quantitative estimate of drug-likeness (QED) is 0.174. The summed E-state index contributed by atoms with van der Waals surface area (Å²) >= 11 is 0. The molecule has 2 fully saturated rings. The third-order valence-electron chi connectivity index (χ3n) is 11.7. The minimum atomic E-state index is -1.05. The van der Waals surface area contributed by atoms with Crippen molar-refractivity contribution in [2.75, 3.05) is 18.0 Å². The molecular weight excluding hydrogens is 684 g/mol. The van der Waals surface area contributed by atoms with E-state index >= 15 is 0 Å². The Balaban J connectivity index is 0.932. The van der Waals surface area contributed by atoms with Gasteiger partial charge in [0.15, 0.2) is 11.5 Å². The molecule has 4 aliphatic rings. The van der Waals surface area contributed by atoms with Gasteiger partial charge in [-0.3, -0.25) is 39.0 Å². The van der Waals surface area contributed by atoms with Crippen molar-refractivity contribution < 1.29 is 28.8 Å². The molecule has 0 spiro atoms. The average Bonchev–Trinajstić information content (AvgIpc) is 3.68. The standard InChI is InChI=1S/C42H40N6O6/c1-5-22-19-28-29(42(2,3)38-36(37(28)51)26-11-10-25(43-4)20-30(26)45-38)21-32(22)47-17-15-24(16-18-47)44-33(49)13-9-23-7-6-8-27-35(23)41(54)48(40(27)53)31-12-14-34(50)46-39(31)52/h6-8,10-11,19-21,24,31,45H,5,9,12-18H2,1-3H3,(H,44,49)(H,46,50,52). The highest BCUT2D eigenvalue weighted by Gasteiger charge is 2.46. The number of benzene rings is 3. The van der Waals surface area contributed by atoms with Crippen LogP contribution in [0.15, 0.2) is 48.5 Å². The number of nitrogens with zero attached hydrogens (tertiary/aromatic N) is 3. The van der Waals surface area contributed by atoms with E-state index in [1.54, 1.807) is 30.3 Å². The van der Waals surface area contributed by atoms with Gasteiger partial charge in [0.05, 0.1) is 23.3 Å². The van der Waals surface area contributed by atoms with E-state index in [0.29, 0.717) is 22.4 Å². The Kier molecular flexibility index (Phi) is 8.48. The second-order valence-electron chi connectivity index (χ2n) is 15.2. The number of hydrogen-bond acceptors (Lipinski definition) is 7. The predicted octanol–water partition coefficient (Wildman–Crippen LogP) is 5.27. The molecule has 3 aromatic carbocycles. The molecule has 274 valence electrons. The van der Waals surface area contributed by atoms with Crippen LogP contribution >= 0.6 is 0 Å². The zero-order chi connectivity index (χ0) is 38.1. The van der Waals surface area contributed by atoms with Gasteiger partial charge in [0, 0.05) is 65.2 Å². The van der Waals surface area contributed by atoms with Gasteiger partial charge in [0.25, 0.3) is 11.8 Å². The highest BCUT2D eigenvalue weighted by atomic mass is 16.2. The van der Waals surface area contributed by atoms with E-state index in [0.717, 1.165) is 70.7 Å². The lowest BCUT2D eigenvalue weighted by Gasteiger charge is -2.38. The maximum absolute atomic E-state index is 14.1. The summed E-state index contributed by atoms with van der Waals surface area (Å²) in [5, 5.41) is 6.21. The van der Waals surface area contributed by atoms with Crippen molar-refractivity contribution in [3.05, 3.63) is 105 Å². The second kappa shape index (κ2) is 13.1. The maximum atomic E-state index is 14.1. The molecule has 54 heavy (non-hydrogen) atoms. The Morgan fingerprint density at radius 1 is 0.944 bits per heavy atom. The van der Waals surface area contributed by atoms with Crippen molar-refractivity contribution >= 4 is 57.6 Å². The highest BCUT2D eigenvalue weighted by molar-refractivity contribution is 6.24. The summed E-state index contributed by atoms with van der Waals surface area (Å²) in [7, 11) is 0. The zero-order valence-corrected chi connectivity index (χ0v) is 30.4. The van der Waals surface area contributed by atoms with Gasteiger partial charge in [-0.2, -0.15) is 0 Å². The van der Waals surface area contributed by atoms with Crippen LogP contribution in [0.2, 0.25) is 0 Å². The zero-order valence-electron chi connectivity index (χ0n) is 30.4. The fraction of sp³-hybridized carbons (Fsp3) is 0.357. The van der Waals surface area contributed by atoms with Crippen LogP contribution in [0.5, 0.6) is 0 Å². The first kappa shape index (κ1) is 35.0. The number of hydrogen-bond donors (Lipinski definition) is 3. The molecule has 12 nitrogen and oxygen atoms in total. The molecular formula is C42H40N6O6. The smallest absolute Gasteiger partial charge is 0.262 e. The number of aromatic nitrogens is 1. The minimum Gasteiger partial charge on any atom is -0.371 e. The monoisotopic (exact) mass is 724 g/mol. The summed E-state index contributed by atoms with van der Waals surface area (Å²) in [6, 6.07) is 13.5. The van der Waals surface area contributed by atoms with E-state index in [4.69, 9.17) is 6.57 Å². The summed E-state index contributed by atoms with van der Waals surface area (Å²) in [4.78, 5) is 88.4. The number of carbonyl (C=O) groups is 6. The van der Waals surface area contributed by atoms with Crippen LogP contribution in [0.3, 0.4) is 0 Å². The molecule has 12 heteroatoms. The lowest BCUT2D eigenvalue weighted by atomic mass is 9.70. The van der Waals surface area contributed by atoms with Gasteiger partial charge >= 0.3 is 0 Å². The molecule has 4 heterocycles. The summed E-state index contributed by atoms with van der Waals surface area (Å²) in [6.07, 6.45) is 2.72. The molecule has 5 amide bonds. The number of H-pyrrole nitrogens is 1. The van der Waals surface area contributed by atoms with Crippen LogP contribution in [0.25, 0.3) is 15.7 Å². The van der Waals surface area contributed by atoms with Gasteiger partial charge in [-0.25, -0.2) is 4.85 Å². The Labute approximate surface area is 312 Å². The number of imide groups is 2. The molecule has 0 saturated carbocycles. The van der Waals surface area contributed by atoms with Crippen LogP contribution in [0.1, 0.15) is 112 Å². The lowest BCUT2D eigenvalue weighted by molar-refractivity contribution is -0.136. The van der Waals surface area contributed by atoms with E-state index < -0.39 is 35.1 Å². The first-order chi connectivity index (χ1) is 25.9. The Bertz CT molecular complexity index is 2380. The number of rotatable bonds is 7. The number of aromatic amines is 1. The number of fused-ring (bicyclic) bond motifs is 5. The first-order valence-corrected chi connectivity index (χ1v) is 18.5. The molecule has 0 radical (unpaired) electrons. The van der Waals surface area contributed by atoms with Gasteiger partial charge in [0.2, 0.25) is 17.7 Å². The molecule has 1 atom stereocenters. The van der Waals surface area contributed by atoms with Crippen LogP contribution < -0.4 is 15.5 Å². The van der Waals surface area contributed by atoms with Crippen molar-refractivity contribution in [3.8, 4) is 0 Å². The summed E-state index contributed by atoms with van der Waals surface area (Å²) in [6.45, 7) is 15.2. The molecule has 1 aromatic heterocycles. The number of piperidine rings is 2. The summed E-state index contributed by atoms with van der Waals surface area (Å²) < 4.78 is 0. The summed E-state index contributed by atoms with van der Waals surface area (Å²) in [5.41, 5.74) is 7.22. The number of carbonyl (C=O) groups excluding carboxylic acids is 6. The lowest BCUT2D eigenvalue weighted by Crippen LogP contribution is -2.54.